The minimum absolute atomic E-state index is 0.199. The molecule has 0 bridgehead atoms. The average Bonchev–Trinajstić information content (AvgIpc) is 3.44. The molecule has 2 aromatic carbocycles. The number of methoxy groups -OCH3 is 1. The lowest BCUT2D eigenvalue weighted by Crippen LogP contribution is -2.44. The van der Waals surface area contributed by atoms with Crippen LogP contribution in [0.2, 0.25) is 0 Å². The molecular formula is C27H27F3N4O4S2. The summed E-state index contributed by atoms with van der Waals surface area (Å²) in [6, 6.07) is 12.5. The van der Waals surface area contributed by atoms with Crippen molar-refractivity contribution >= 4 is 46.2 Å². The number of aromatic nitrogens is 1. The van der Waals surface area contributed by atoms with Crippen molar-refractivity contribution < 1.29 is 32.2 Å². The number of hydrogen-bond acceptors (Lipinski definition) is 7. The lowest BCUT2D eigenvalue weighted by Gasteiger charge is -2.33. The zero-order valence-corrected chi connectivity index (χ0v) is 23.1. The number of carbonyl (C=O) groups is 2. The molecule has 1 aliphatic rings. The third-order valence-corrected chi connectivity index (χ3v) is 7.70. The maximum absolute atomic E-state index is 13.0. The van der Waals surface area contributed by atoms with E-state index in [1.54, 1.807) is 29.6 Å². The van der Waals surface area contributed by atoms with E-state index >= 15 is 0 Å². The minimum atomic E-state index is -4.77. The van der Waals surface area contributed by atoms with Crippen LogP contribution >= 0.6 is 23.6 Å². The Morgan fingerprint density at radius 3 is 2.50 bits per heavy atom. The highest BCUT2D eigenvalue weighted by molar-refractivity contribution is 7.80. The number of para-hydroxylation sites is 1. The number of carbonyl (C=O) groups excluding carboxylic acids is 2. The SMILES string of the molecule is COC(=O)CCNC(=S)N1CCC(c2nc(C(=O)Nc3ccccc3-c3ccc(OC(F)(F)F)cc3)cs2)CC1. The molecule has 0 saturated carbocycles. The van der Waals surface area contributed by atoms with Crippen LogP contribution in [0.3, 0.4) is 0 Å². The van der Waals surface area contributed by atoms with Gasteiger partial charge in [0.15, 0.2) is 5.11 Å². The maximum atomic E-state index is 13.0. The van der Waals surface area contributed by atoms with E-state index in [9.17, 15) is 22.8 Å². The maximum Gasteiger partial charge on any atom is 0.573 e. The van der Waals surface area contributed by atoms with Gasteiger partial charge in [-0.25, -0.2) is 4.98 Å². The molecule has 0 atom stereocenters. The minimum Gasteiger partial charge on any atom is -0.469 e. The van der Waals surface area contributed by atoms with Crippen LogP contribution in [-0.2, 0) is 9.53 Å². The van der Waals surface area contributed by atoms with Crippen LogP contribution in [0.4, 0.5) is 18.9 Å². The first kappa shape index (κ1) is 29.3. The highest BCUT2D eigenvalue weighted by Gasteiger charge is 2.31. The summed E-state index contributed by atoms with van der Waals surface area (Å²) in [6.45, 7) is 1.88. The summed E-state index contributed by atoms with van der Waals surface area (Å²) in [5.41, 5.74) is 2.07. The Balaban J connectivity index is 1.34. The molecule has 1 aliphatic heterocycles. The predicted octanol–water partition coefficient (Wildman–Crippen LogP) is 5.58. The number of ether oxygens (including phenoxy) is 2. The van der Waals surface area contributed by atoms with Crippen LogP contribution in [0.5, 0.6) is 5.75 Å². The second kappa shape index (κ2) is 13.1. The molecule has 2 heterocycles. The Bertz CT molecular complexity index is 1340. The number of nitrogens with one attached hydrogen (secondary N) is 2. The second-order valence-corrected chi connectivity index (χ2v) is 10.2. The van der Waals surface area contributed by atoms with E-state index in [-0.39, 0.29) is 30.0 Å². The van der Waals surface area contributed by atoms with Gasteiger partial charge in [0.1, 0.15) is 11.4 Å². The first-order valence-corrected chi connectivity index (χ1v) is 13.7. The highest BCUT2D eigenvalue weighted by atomic mass is 32.1. The zero-order valence-electron chi connectivity index (χ0n) is 21.5. The topological polar surface area (TPSA) is 92.8 Å². The van der Waals surface area contributed by atoms with E-state index in [1.807, 2.05) is 0 Å². The van der Waals surface area contributed by atoms with Gasteiger partial charge in [-0.1, -0.05) is 30.3 Å². The fourth-order valence-electron chi connectivity index (χ4n) is 4.26. The number of likely N-dealkylation sites (tertiary alicyclic amines) is 1. The van der Waals surface area contributed by atoms with Crippen molar-refractivity contribution in [2.45, 2.75) is 31.5 Å². The molecule has 4 rings (SSSR count). The average molecular weight is 593 g/mol. The quantitative estimate of drug-likeness (QED) is 0.259. The molecule has 13 heteroatoms. The smallest absolute Gasteiger partial charge is 0.469 e. The molecule has 0 aliphatic carbocycles. The zero-order chi connectivity index (χ0) is 28.7. The van der Waals surface area contributed by atoms with Crippen LogP contribution < -0.4 is 15.4 Å². The van der Waals surface area contributed by atoms with Gasteiger partial charge in [-0.15, -0.1) is 24.5 Å². The van der Waals surface area contributed by atoms with Crippen LogP contribution in [0, 0.1) is 0 Å². The molecule has 0 unspecified atom stereocenters. The molecular weight excluding hydrogens is 565 g/mol. The third-order valence-electron chi connectivity index (χ3n) is 6.29. The van der Waals surface area contributed by atoms with Gasteiger partial charge in [0.05, 0.1) is 18.5 Å². The summed E-state index contributed by atoms with van der Waals surface area (Å²) in [4.78, 5) is 31.0. The van der Waals surface area contributed by atoms with Gasteiger partial charge < -0.3 is 25.0 Å². The van der Waals surface area contributed by atoms with Crippen molar-refractivity contribution in [1.82, 2.24) is 15.2 Å². The van der Waals surface area contributed by atoms with Crippen molar-refractivity contribution in [2.24, 2.45) is 0 Å². The third kappa shape index (κ3) is 7.92. The standard InChI is InChI=1S/C27H27F3N4O4S2/c1-37-23(35)10-13-31-26(39)34-14-11-18(12-15-34)25-33-22(16-40-25)24(36)32-21-5-3-2-4-20(21)17-6-8-19(9-7-17)38-27(28,29)30/h2-9,16,18H,10-15H2,1H3,(H,31,39)(H,32,36). The van der Waals surface area contributed by atoms with E-state index in [0.717, 1.165) is 30.9 Å². The number of piperidine rings is 1. The van der Waals surface area contributed by atoms with Crippen LogP contribution in [0.25, 0.3) is 11.1 Å². The number of benzene rings is 2. The van der Waals surface area contributed by atoms with Gasteiger partial charge in [0.25, 0.3) is 5.91 Å². The van der Waals surface area contributed by atoms with Gasteiger partial charge >= 0.3 is 12.3 Å². The van der Waals surface area contributed by atoms with Crippen molar-refractivity contribution in [3.63, 3.8) is 0 Å². The summed E-state index contributed by atoms with van der Waals surface area (Å²) in [5.74, 6) is -0.796. The fourth-order valence-corrected chi connectivity index (χ4v) is 5.52. The number of anilines is 1. The first-order chi connectivity index (χ1) is 19.1. The van der Waals surface area contributed by atoms with E-state index in [2.05, 4.69) is 30.0 Å². The summed E-state index contributed by atoms with van der Waals surface area (Å²) >= 11 is 6.87. The van der Waals surface area contributed by atoms with Gasteiger partial charge in [-0.3, -0.25) is 9.59 Å². The molecule has 40 heavy (non-hydrogen) atoms. The number of nitrogens with zero attached hydrogens (tertiary/aromatic N) is 2. The summed E-state index contributed by atoms with van der Waals surface area (Å²) < 4.78 is 46.0. The number of esters is 1. The number of thiazole rings is 1. The first-order valence-electron chi connectivity index (χ1n) is 12.4. The van der Waals surface area contributed by atoms with Crippen LogP contribution in [0.1, 0.15) is 40.7 Å². The Morgan fingerprint density at radius 1 is 1.12 bits per heavy atom. The summed E-state index contributed by atoms with van der Waals surface area (Å²) in [7, 11) is 1.35. The Labute approximate surface area is 238 Å². The lowest BCUT2D eigenvalue weighted by atomic mass is 9.98. The number of thiocarbonyl (C=S) groups is 1. The monoisotopic (exact) mass is 592 g/mol. The Morgan fingerprint density at radius 2 is 1.82 bits per heavy atom. The van der Waals surface area contributed by atoms with E-state index in [0.29, 0.717) is 34.2 Å². The molecule has 1 fully saturated rings. The van der Waals surface area contributed by atoms with Crippen molar-refractivity contribution in [2.75, 3.05) is 32.1 Å². The second-order valence-electron chi connectivity index (χ2n) is 8.96. The largest absolute Gasteiger partial charge is 0.573 e. The summed E-state index contributed by atoms with van der Waals surface area (Å²) in [5, 5.41) is 9.16. The molecule has 0 spiro atoms. The van der Waals surface area contributed by atoms with E-state index < -0.39 is 6.36 Å². The Hall–Kier alpha value is -3.71. The van der Waals surface area contributed by atoms with E-state index in [4.69, 9.17) is 12.2 Å². The van der Waals surface area contributed by atoms with E-state index in [1.165, 1.54) is 42.7 Å². The van der Waals surface area contributed by atoms with Gasteiger partial charge in [-0.2, -0.15) is 0 Å². The number of amides is 1. The van der Waals surface area contributed by atoms with Crippen LogP contribution in [0.15, 0.2) is 53.9 Å². The Kier molecular flexibility index (Phi) is 9.58. The number of halogens is 3. The molecule has 3 aromatic rings. The number of alkyl halides is 3. The van der Waals surface area contributed by atoms with Gasteiger partial charge in [0.2, 0.25) is 0 Å². The number of rotatable bonds is 8. The molecule has 8 nitrogen and oxygen atoms in total. The molecule has 1 saturated heterocycles. The predicted molar refractivity (Wildman–Crippen MR) is 149 cm³/mol. The summed E-state index contributed by atoms with van der Waals surface area (Å²) in [6.07, 6.45) is -2.88. The molecule has 1 amide bonds. The lowest BCUT2D eigenvalue weighted by molar-refractivity contribution is -0.274. The molecule has 1 aromatic heterocycles. The van der Waals surface area contributed by atoms with Crippen LogP contribution in [-0.4, -0.2) is 60.0 Å². The highest BCUT2D eigenvalue weighted by Crippen LogP contribution is 2.33. The fraction of sp³-hybridized carbons (Fsp3) is 0.333. The van der Waals surface area contributed by atoms with Gasteiger partial charge in [-0.05, 0) is 48.8 Å². The molecule has 0 radical (unpaired) electrons. The van der Waals surface area contributed by atoms with Crippen molar-refractivity contribution in [3.05, 3.63) is 64.6 Å². The number of hydrogen-bond donors (Lipinski definition) is 2. The molecule has 2 N–H and O–H groups in total. The van der Waals surface area contributed by atoms with Gasteiger partial charge in [0, 0.05) is 42.2 Å². The molecule has 212 valence electrons. The normalized spacial score (nSPS) is 13.9. The van der Waals surface area contributed by atoms with Crippen molar-refractivity contribution in [3.8, 4) is 16.9 Å². The van der Waals surface area contributed by atoms with Crippen molar-refractivity contribution in [1.29, 1.82) is 0 Å².